The molecule has 3 aromatic rings. The van der Waals surface area contributed by atoms with E-state index in [4.69, 9.17) is 14.7 Å². The normalized spacial score (nSPS) is 16.8. The van der Waals surface area contributed by atoms with E-state index in [0.717, 1.165) is 30.1 Å². The van der Waals surface area contributed by atoms with Gasteiger partial charge in [-0.15, -0.1) is 5.10 Å². The first kappa shape index (κ1) is 18.2. The summed E-state index contributed by atoms with van der Waals surface area (Å²) in [5.74, 6) is 0.851. The predicted octanol–water partition coefficient (Wildman–Crippen LogP) is 2.74. The Hall–Kier alpha value is -3.21. The maximum absolute atomic E-state index is 8.90. The number of nitrogens with zero attached hydrogens (tertiary/aromatic N) is 5. The van der Waals surface area contributed by atoms with E-state index in [-0.39, 0.29) is 6.23 Å². The Labute approximate surface area is 163 Å². The maximum Gasteiger partial charge on any atom is 0.157 e. The van der Waals surface area contributed by atoms with Gasteiger partial charge in [-0.3, -0.25) is 4.90 Å². The van der Waals surface area contributed by atoms with E-state index in [1.807, 2.05) is 42.6 Å². The van der Waals surface area contributed by atoms with Gasteiger partial charge in [-0.05, 0) is 35.4 Å². The van der Waals surface area contributed by atoms with Gasteiger partial charge in [-0.2, -0.15) is 5.26 Å². The molecule has 1 saturated heterocycles. The Morgan fingerprint density at radius 3 is 2.54 bits per heavy atom. The van der Waals surface area contributed by atoms with Crippen molar-refractivity contribution >= 4 is 0 Å². The summed E-state index contributed by atoms with van der Waals surface area (Å²) >= 11 is 0. The molecular weight excluding hydrogens is 354 g/mol. The van der Waals surface area contributed by atoms with E-state index in [0.29, 0.717) is 18.7 Å². The summed E-state index contributed by atoms with van der Waals surface area (Å²) in [5.41, 5.74) is 3.72. The fourth-order valence-corrected chi connectivity index (χ4v) is 3.28. The van der Waals surface area contributed by atoms with Crippen LogP contribution < -0.4 is 4.74 Å². The van der Waals surface area contributed by atoms with Crippen molar-refractivity contribution < 1.29 is 9.47 Å². The molecule has 28 heavy (non-hydrogen) atoms. The Morgan fingerprint density at radius 2 is 1.82 bits per heavy atom. The molecule has 7 heteroatoms. The summed E-state index contributed by atoms with van der Waals surface area (Å²) in [6, 6.07) is 17.7. The van der Waals surface area contributed by atoms with E-state index in [1.54, 1.807) is 11.8 Å². The second-order valence-electron chi connectivity index (χ2n) is 6.69. The quantitative estimate of drug-likeness (QED) is 0.659. The zero-order valence-corrected chi connectivity index (χ0v) is 15.7. The summed E-state index contributed by atoms with van der Waals surface area (Å²) < 4.78 is 12.9. The van der Waals surface area contributed by atoms with Crippen LogP contribution in [0.15, 0.2) is 54.7 Å². The van der Waals surface area contributed by atoms with E-state index in [9.17, 15) is 0 Å². The van der Waals surface area contributed by atoms with Crippen LogP contribution in [0.3, 0.4) is 0 Å². The average molecular weight is 375 g/mol. The van der Waals surface area contributed by atoms with Gasteiger partial charge in [0.05, 0.1) is 38.1 Å². The second-order valence-corrected chi connectivity index (χ2v) is 6.69. The molecule has 1 unspecified atom stereocenters. The van der Waals surface area contributed by atoms with Gasteiger partial charge in [-0.25, -0.2) is 4.68 Å². The van der Waals surface area contributed by atoms with Gasteiger partial charge in [-0.1, -0.05) is 29.5 Å². The van der Waals surface area contributed by atoms with Gasteiger partial charge in [0, 0.05) is 13.1 Å². The van der Waals surface area contributed by atoms with Crippen LogP contribution in [0.25, 0.3) is 0 Å². The molecule has 4 rings (SSSR count). The van der Waals surface area contributed by atoms with E-state index >= 15 is 0 Å². The molecule has 2 aromatic carbocycles. The SMILES string of the molecule is COc1ccc(CN2CCOC2c2cn(Cc3ccc(C#N)cc3)nn2)cc1. The maximum atomic E-state index is 8.90. The van der Waals surface area contributed by atoms with Crippen LogP contribution in [0.2, 0.25) is 0 Å². The molecule has 1 aliphatic rings. The summed E-state index contributed by atoms with van der Waals surface area (Å²) in [6.07, 6.45) is 1.73. The Kier molecular flexibility index (Phi) is 5.33. The predicted molar refractivity (Wildman–Crippen MR) is 102 cm³/mol. The molecule has 0 aliphatic carbocycles. The van der Waals surface area contributed by atoms with Crippen LogP contribution >= 0.6 is 0 Å². The number of hydrogen-bond acceptors (Lipinski definition) is 6. The molecule has 1 fully saturated rings. The summed E-state index contributed by atoms with van der Waals surface area (Å²) in [7, 11) is 1.67. The largest absolute Gasteiger partial charge is 0.497 e. The lowest BCUT2D eigenvalue weighted by Crippen LogP contribution is -2.23. The molecule has 0 radical (unpaired) electrons. The van der Waals surface area contributed by atoms with Crippen molar-refractivity contribution in [3.8, 4) is 11.8 Å². The number of aromatic nitrogens is 3. The third-order valence-electron chi connectivity index (χ3n) is 4.77. The standard InChI is InChI=1S/C21H21N5O2/c1-27-19-8-6-17(7-9-19)13-25-10-11-28-21(25)20-15-26(24-23-20)14-18-4-2-16(12-22)3-5-18/h2-9,15,21H,10-11,13-14H2,1H3. The van der Waals surface area contributed by atoms with Crippen LogP contribution in [0.4, 0.5) is 0 Å². The van der Waals surface area contributed by atoms with E-state index in [1.165, 1.54) is 5.56 Å². The lowest BCUT2D eigenvalue weighted by molar-refractivity contribution is 0.0252. The zero-order chi connectivity index (χ0) is 19.3. The van der Waals surface area contributed by atoms with Crippen LogP contribution in [0, 0.1) is 11.3 Å². The highest BCUT2D eigenvalue weighted by atomic mass is 16.5. The summed E-state index contributed by atoms with van der Waals surface area (Å²) in [4.78, 5) is 2.25. The van der Waals surface area contributed by atoms with Crippen molar-refractivity contribution in [2.45, 2.75) is 19.3 Å². The lowest BCUT2D eigenvalue weighted by atomic mass is 10.1. The Balaban J connectivity index is 1.43. The molecule has 0 bridgehead atoms. The van der Waals surface area contributed by atoms with Gasteiger partial charge in [0.2, 0.25) is 0 Å². The highest BCUT2D eigenvalue weighted by Gasteiger charge is 2.29. The van der Waals surface area contributed by atoms with Gasteiger partial charge in [0.25, 0.3) is 0 Å². The molecule has 0 N–H and O–H groups in total. The summed E-state index contributed by atoms with van der Waals surface area (Å²) in [5, 5.41) is 17.5. The van der Waals surface area contributed by atoms with Crippen LogP contribution in [-0.2, 0) is 17.8 Å². The minimum Gasteiger partial charge on any atom is -0.497 e. The van der Waals surface area contributed by atoms with Crippen molar-refractivity contribution in [2.24, 2.45) is 0 Å². The Morgan fingerprint density at radius 1 is 1.11 bits per heavy atom. The zero-order valence-electron chi connectivity index (χ0n) is 15.7. The molecule has 1 aliphatic heterocycles. The number of benzene rings is 2. The fraction of sp³-hybridized carbons (Fsp3) is 0.286. The highest BCUT2D eigenvalue weighted by Crippen LogP contribution is 2.27. The molecule has 0 spiro atoms. The molecule has 1 aromatic heterocycles. The number of ether oxygens (including phenoxy) is 2. The van der Waals surface area contributed by atoms with Gasteiger partial charge in [0.15, 0.2) is 6.23 Å². The van der Waals surface area contributed by atoms with Crippen LogP contribution in [0.1, 0.15) is 28.6 Å². The molecule has 0 saturated carbocycles. The van der Waals surface area contributed by atoms with Gasteiger partial charge >= 0.3 is 0 Å². The minimum atomic E-state index is -0.197. The average Bonchev–Trinajstić information content (AvgIpc) is 3.38. The van der Waals surface area contributed by atoms with Crippen LogP contribution in [-0.4, -0.2) is 40.2 Å². The number of hydrogen-bond donors (Lipinski definition) is 0. The van der Waals surface area contributed by atoms with E-state index < -0.39 is 0 Å². The lowest BCUT2D eigenvalue weighted by Gasteiger charge is -2.21. The molecule has 2 heterocycles. The van der Waals surface area contributed by atoms with Crippen molar-refractivity contribution in [1.82, 2.24) is 19.9 Å². The molecule has 7 nitrogen and oxygen atoms in total. The van der Waals surface area contributed by atoms with Crippen molar-refractivity contribution in [3.63, 3.8) is 0 Å². The number of nitriles is 1. The molecule has 1 atom stereocenters. The van der Waals surface area contributed by atoms with Crippen molar-refractivity contribution in [3.05, 3.63) is 77.1 Å². The summed E-state index contributed by atoms with van der Waals surface area (Å²) in [6.45, 7) is 2.89. The van der Waals surface area contributed by atoms with Gasteiger partial charge < -0.3 is 9.47 Å². The van der Waals surface area contributed by atoms with Crippen LogP contribution in [0.5, 0.6) is 5.75 Å². The Bertz CT molecular complexity index is 960. The smallest absolute Gasteiger partial charge is 0.157 e. The molecule has 142 valence electrons. The monoisotopic (exact) mass is 375 g/mol. The highest BCUT2D eigenvalue weighted by molar-refractivity contribution is 5.31. The first-order chi connectivity index (χ1) is 13.7. The molecule has 0 amide bonds. The number of rotatable bonds is 6. The second kappa shape index (κ2) is 8.21. The van der Waals surface area contributed by atoms with Crippen molar-refractivity contribution in [2.75, 3.05) is 20.3 Å². The topological polar surface area (TPSA) is 76.2 Å². The number of methoxy groups -OCH3 is 1. The third kappa shape index (κ3) is 4.03. The molecular formula is C21H21N5O2. The fourth-order valence-electron chi connectivity index (χ4n) is 3.28. The van der Waals surface area contributed by atoms with Gasteiger partial charge in [0.1, 0.15) is 11.4 Å². The first-order valence-electron chi connectivity index (χ1n) is 9.13. The van der Waals surface area contributed by atoms with Crippen molar-refractivity contribution in [1.29, 1.82) is 5.26 Å². The third-order valence-corrected chi connectivity index (χ3v) is 4.77. The first-order valence-corrected chi connectivity index (χ1v) is 9.13. The minimum absolute atomic E-state index is 0.197. The van der Waals surface area contributed by atoms with E-state index in [2.05, 4.69) is 33.4 Å².